The van der Waals surface area contributed by atoms with E-state index in [0.29, 0.717) is 12.0 Å². The van der Waals surface area contributed by atoms with E-state index in [4.69, 9.17) is 20.4 Å². The van der Waals surface area contributed by atoms with Crippen molar-refractivity contribution in [1.82, 2.24) is 9.55 Å². The van der Waals surface area contributed by atoms with Crippen LogP contribution in [-0.2, 0) is 9.47 Å². The standard InChI is InChI=1S/C11H16N6O3/c1-6-4-17(11(18)14-10(6)12)9-3-7(15-16-13)8(20-9)5-19-2/h4,7-9H,3,5H2,1-2H3,(H2,12,14,18). The van der Waals surface area contributed by atoms with Crippen molar-refractivity contribution in [3.05, 3.63) is 38.2 Å². The summed E-state index contributed by atoms with van der Waals surface area (Å²) < 4.78 is 12.1. The van der Waals surface area contributed by atoms with Gasteiger partial charge in [0.1, 0.15) is 11.7 Å². The summed E-state index contributed by atoms with van der Waals surface area (Å²) in [6, 6.07) is -0.382. The van der Waals surface area contributed by atoms with Crippen molar-refractivity contribution in [2.24, 2.45) is 5.11 Å². The molecule has 2 heterocycles. The lowest BCUT2D eigenvalue weighted by molar-refractivity contribution is -0.0361. The van der Waals surface area contributed by atoms with Gasteiger partial charge in [-0.15, -0.1) is 0 Å². The number of nitrogens with one attached hydrogen (secondary N) is 2. The third-order valence-corrected chi connectivity index (χ3v) is 3.24. The maximum Gasteiger partial charge on any atom is 0.329 e. The van der Waals surface area contributed by atoms with Crippen molar-refractivity contribution in [2.45, 2.75) is 31.7 Å². The summed E-state index contributed by atoms with van der Waals surface area (Å²) in [7, 11) is 1.53. The lowest BCUT2D eigenvalue weighted by atomic mass is 10.1. The van der Waals surface area contributed by atoms with Crippen LogP contribution in [0.15, 0.2) is 16.1 Å². The first kappa shape index (κ1) is 14.3. The Morgan fingerprint density at radius 3 is 3.15 bits per heavy atom. The van der Waals surface area contributed by atoms with E-state index < -0.39 is 11.9 Å². The van der Waals surface area contributed by atoms with E-state index in [2.05, 4.69) is 15.0 Å². The topological polar surface area (TPSA) is 129 Å². The minimum Gasteiger partial charge on any atom is -0.382 e. The number of hydrogen-bond acceptors (Lipinski definition) is 5. The van der Waals surface area contributed by atoms with Gasteiger partial charge in [0.25, 0.3) is 0 Å². The quantitative estimate of drug-likeness (QED) is 0.475. The fourth-order valence-electron chi connectivity index (χ4n) is 2.20. The first-order valence-electron chi connectivity index (χ1n) is 6.12. The molecule has 0 amide bonds. The van der Waals surface area contributed by atoms with Crippen molar-refractivity contribution in [1.29, 1.82) is 5.41 Å². The first-order valence-corrected chi connectivity index (χ1v) is 6.12. The second-order valence-corrected chi connectivity index (χ2v) is 4.62. The van der Waals surface area contributed by atoms with Gasteiger partial charge in [-0.2, -0.15) is 0 Å². The largest absolute Gasteiger partial charge is 0.382 e. The maximum absolute atomic E-state index is 11.9. The molecule has 0 saturated carbocycles. The Bertz CT molecular complexity index is 644. The van der Waals surface area contributed by atoms with Crippen LogP contribution >= 0.6 is 0 Å². The van der Waals surface area contributed by atoms with Crippen molar-refractivity contribution in [2.75, 3.05) is 13.7 Å². The second kappa shape index (κ2) is 5.91. The van der Waals surface area contributed by atoms with Gasteiger partial charge in [-0.3, -0.25) is 15.0 Å². The molecule has 3 atom stereocenters. The van der Waals surface area contributed by atoms with Gasteiger partial charge in [-0.25, -0.2) is 4.79 Å². The summed E-state index contributed by atoms with van der Waals surface area (Å²) >= 11 is 0. The molecule has 2 N–H and O–H groups in total. The summed E-state index contributed by atoms with van der Waals surface area (Å²) in [4.78, 5) is 17.1. The molecule has 3 unspecified atom stereocenters. The van der Waals surface area contributed by atoms with E-state index in [1.54, 1.807) is 13.1 Å². The van der Waals surface area contributed by atoms with E-state index in [1.807, 2.05) is 0 Å². The lowest BCUT2D eigenvalue weighted by Crippen LogP contribution is -2.33. The smallest absolute Gasteiger partial charge is 0.329 e. The van der Waals surface area contributed by atoms with Crippen LogP contribution in [0.2, 0.25) is 0 Å². The van der Waals surface area contributed by atoms with Crippen molar-refractivity contribution in [3.63, 3.8) is 0 Å². The predicted octanol–water partition coefficient (Wildman–Crippen LogP) is 0.577. The Morgan fingerprint density at radius 2 is 2.50 bits per heavy atom. The Kier molecular flexibility index (Phi) is 4.23. The zero-order valence-electron chi connectivity index (χ0n) is 11.2. The highest BCUT2D eigenvalue weighted by Crippen LogP contribution is 2.30. The molecule has 9 heteroatoms. The molecule has 9 nitrogen and oxygen atoms in total. The molecule has 1 fully saturated rings. The number of aromatic amines is 1. The molecule has 1 aromatic rings. The van der Waals surface area contributed by atoms with Crippen molar-refractivity contribution >= 4 is 0 Å². The molecule has 0 spiro atoms. The number of aryl methyl sites for hydroxylation is 1. The highest BCUT2D eigenvalue weighted by Gasteiger charge is 2.36. The number of H-pyrrole nitrogens is 1. The number of methoxy groups -OCH3 is 1. The zero-order chi connectivity index (χ0) is 14.7. The highest BCUT2D eigenvalue weighted by atomic mass is 16.5. The number of azide groups is 1. The molecule has 1 saturated heterocycles. The second-order valence-electron chi connectivity index (χ2n) is 4.62. The third-order valence-electron chi connectivity index (χ3n) is 3.24. The van der Waals surface area contributed by atoms with Crippen LogP contribution < -0.4 is 11.2 Å². The average molecular weight is 280 g/mol. The molecular formula is C11H16N6O3. The number of ether oxygens (including phenoxy) is 2. The lowest BCUT2D eigenvalue weighted by Gasteiger charge is -2.16. The minimum atomic E-state index is -0.534. The summed E-state index contributed by atoms with van der Waals surface area (Å²) in [6.45, 7) is 2.01. The van der Waals surface area contributed by atoms with Crippen LogP contribution in [0.25, 0.3) is 10.4 Å². The fourth-order valence-corrected chi connectivity index (χ4v) is 2.20. The first-order chi connectivity index (χ1) is 9.56. The number of aromatic nitrogens is 2. The van der Waals surface area contributed by atoms with Gasteiger partial charge in [0.15, 0.2) is 0 Å². The molecule has 2 rings (SSSR count). The Hall–Kier alpha value is -2.09. The predicted molar refractivity (Wildman–Crippen MR) is 69.0 cm³/mol. The van der Waals surface area contributed by atoms with E-state index in [-0.39, 0.29) is 24.2 Å². The molecule has 1 aliphatic rings. The SMILES string of the molecule is COCC1OC(n2cc(C)c(=N)[nH]c2=O)CC1N=[N+]=[N-]. The average Bonchev–Trinajstić information content (AvgIpc) is 2.78. The van der Waals surface area contributed by atoms with Crippen molar-refractivity contribution in [3.8, 4) is 0 Å². The van der Waals surface area contributed by atoms with Crippen LogP contribution in [0.4, 0.5) is 0 Å². The Labute approximate surface area is 114 Å². The summed E-state index contributed by atoms with van der Waals surface area (Å²) in [6.07, 6.45) is 1.04. The van der Waals surface area contributed by atoms with Gasteiger partial charge >= 0.3 is 5.69 Å². The number of rotatable bonds is 4. The Morgan fingerprint density at radius 1 is 1.75 bits per heavy atom. The minimum absolute atomic E-state index is 0.0734. The number of hydrogen-bond donors (Lipinski definition) is 2. The van der Waals surface area contributed by atoms with E-state index in [1.165, 1.54) is 11.7 Å². The van der Waals surface area contributed by atoms with Crippen LogP contribution in [-0.4, -0.2) is 35.4 Å². The van der Waals surface area contributed by atoms with Gasteiger partial charge < -0.3 is 9.47 Å². The number of nitrogens with zero attached hydrogens (tertiary/aromatic N) is 4. The molecule has 108 valence electrons. The third kappa shape index (κ3) is 2.74. The van der Waals surface area contributed by atoms with Crippen molar-refractivity contribution < 1.29 is 9.47 Å². The zero-order valence-corrected chi connectivity index (χ0v) is 11.2. The van der Waals surface area contributed by atoms with Gasteiger partial charge in [-0.1, -0.05) is 5.11 Å². The van der Waals surface area contributed by atoms with Crippen LogP contribution in [0.3, 0.4) is 0 Å². The maximum atomic E-state index is 11.9. The summed E-state index contributed by atoms with van der Waals surface area (Å²) in [5.74, 6) is 0. The summed E-state index contributed by atoms with van der Waals surface area (Å²) in [5, 5.41) is 11.2. The molecule has 1 aromatic heterocycles. The Balaban J connectivity index is 2.31. The van der Waals surface area contributed by atoms with Crippen LogP contribution in [0, 0.1) is 12.3 Å². The molecular weight excluding hydrogens is 264 g/mol. The molecule has 1 aliphatic heterocycles. The van der Waals surface area contributed by atoms with Gasteiger partial charge in [-0.05, 0) is 12.5 Å². The highest BCUT2D eigenvalue weighted by molar-refractivity contribution is 5.00. The van der Waals surface area contributed by atoms with E-state index in [0.717, 1.165) is 0 Å². The van der Waals surface area contributed by atoms with Gasteiger partial charge in [0.2, 0.25) is 0 Å². The molecule has 0 aliphatic carbocycles. The summed E-state index contributed by atoms with van der Waals surface area (Å²) in [5.41, 5.74) is 8.84. The normalized spacial score (nSPS) is 25.4. The van der Waals surface area contributed by atoms with Gasteiger partial charge in [0, 0.05) is 30.2 Å². The molecule has 20 heavy (non-hydrogen) atoms. The van der Waals surface area contributed by atoms with Crippen LogP contribution in [0.1, 0.15) is 18.2 Å². The fraction of sp³-hybridized carbons (Fsp3) is 0.636. The van der Waals surface area contributed by atoms with E-state index in [9.17, 15) is 4.79 Å². The molecule has 0 bridgehead atoms. The van der Waals surface area contributed by atoms with Gasteiger partial charge in [0.05, 0.1) is 18.8 Å². The monoisotopic (exact) mass is 280 g/mol. The molecule has 0 aromatic carbocycles. The molecule has 0 radical (unpaired) electrons. The van der Waals surface area contributed by atoms with Crippen LogP contribution in [0.5, 0.6) is 0 Å². The van der Waals surface area contributed by atoms with E-state index >= 15 is 0 Å².